The van der Waals surface area contributed by atoms with E-state index >= 15 is 0 Å². The monoisotopic (exact) mass is 164 g/mol. The SMILES string of the molecule is CC1CC2CC=CCC2N=C1N. The predicted molar refractivity (Wildman–Crippen MR) is 51.1 cm³/mol. The summed E-state index contributed by atoms with van der Waals surface area (Å²) in [5, 5.41) is 0. The molecule has 2 rings (SSSR count). The number of hydrogen-bond acceptors (Lipinski definition) is 2. The van der Waals surface area contributed by atoms with Gasteiger partial charge < -0.3 is 5.73 Å². The van der Waals surface area contributed by atoms with Gasteiger partial charge in [-0.05, 0) is 25.2 Å². The fraction of sp³-hybridized carbons (Fsp3) is 0.700. The van der Waals surface area contributed by atoms with Gasteiger partial charge in [-0.3, -0.25) is 4.99 Å². The van der Waals surface area contributed by atoms with Crippen molar-refractivity contribution in [3.8, 4) is 0 Å². The van der Waals surface area contributed by atoms with Crippen LogP contribution in [0.5, 0.6) is 0 Å². The van der Waals surface area contributed by atoms with Crippen LogP contribution in [0.25, 0.3) is 0 Å². The Morgan fingerprint density at radius 1 is 1.42 bits per heavy atom. The summed E-state index contributed by atoms with van der Waals surface area (Å²) >= 11 is 0. The third-order valence-electron chi connectivity index (χ3n) is 3.00. The molecule has 3 unspecified atom stereocenters. The van der Waals surface area contributed by atoms with Crippen LogP contribution in [0.4, 0.5) is 0 Å². The van der Waals surface area contributed by atoms with Gasteiger partial charge in [-0.15, -0.1) is 0 Å². The minimum atomic E-state index is 0.492. The molecule has 3 atom stereocenters. The molecule has 0 fully saturated rings. The molecule has 0 radical (unpaired) electrons. The van der Waals surface area contributed by atoms with Gasteiger partial charge in [-0.25, -0.2) is 0 Å². The molecule has 1 aliphatic heterocycles. The van der Waals surface area contributed by atoms with Crippen LogP contribution in [0.1, 0.15) is 26.2 Å². The van der Waals surface area contributed by atoms with Crippen LogP contribution in [-0.4, -0.2) is 11.9 Å². The van der Waals surface area contributed by atoms with Gasteiger partial charge in [-0.1, -0.05) is 19.1 Å². The molecule has 2 aliphatic rings. The first-order valence-electron chi connectivity index (χ1n) is 4.75. The van der Waals surface area contributed by atoms with E-state index in [-0.39, 0.29) is 0 Å². The lowest BCUT2D eigenvalue weighted by Gasteiger charge is -2.32. The summed E-state index contributed by atoms with van der Waals surface area (Å²) in [5.74, 6) is 2.13. The summed E-state index contributed by atoms with van der Waals surface area (Å²) in [4.78, 5) is 4.53. The summed E-state index contributed by atoms with van der Waals surface area (Å²) in [5.41, 5.74) is 5.81. The largest absolute Gasteiger partial charge is 0.387 e. The molecule has 1 aliphatic carbocycles. The number of aliphatic imine (C=N–C) groups is 1. The molecule has 0 saturated carbocycles. The number of hydrogen-bond donors (Lipinski definition) is 1. The molecule has 0 amide bonds. The number of amidine groups is 1. The van der Waals surface area contributed by atoms with Gasteiger partial charge in [0.05, 0.1) is 11.9 Å². The molecular weight excluding hydrogens is 148 g/mol. The first-order valence-corrected chi connectivity index (χ1v) is 4.75. The number of nitrogens with zero attached hydrogens (tertiary/aromatic N) is 1. The first kappa shape index (κ1) is 7.84. The van der Waals surface area contributed by atoms with E-state index in [2.05, 4.69) is 24.1 Å². The van der Waals surface area contributed by atoms with Gasteiger partial charge in [0.15, 0.2) is 0 Å². The van der Waals surface area contributed by atoms with Gasteiger partial charge in [0, 0.05) is 5.92 Å². The number of rotatable bonds is 0. The predicted octanol–water partition coefficient (Wildman–Crippen LogP) is 1.72. The van der Waals surface area contributed by atoms with E-state index in [1.165, 1.54) is 12.8 Å². The zero-order valence-corrected chi connectivity index (χ0v) is 7.53. The average Bonchev–Trinajstić information content (AvgIpc) is 2.07. The smallest absolute Gasteiger partial charge is 0.0969 e. The molecule has 66 valence electrons. The maximum atomic E-state index is 5.81. The Morgan fingerprint density at radius 2 is 2.17 bits per heavy atom. The van der Waals surface area contributed by atoms with Crippen molar-refractivity contribution >= 4 is 5.84 Å². The lowest BCUT2D eigenvalue weighted by molar-refractivity contribution is 0.339. The van der Waals surface area contributed by atoms with E-state index < -0.39 is 0 Å². The van der Waals surface area contributed by atoms with E-state index in [4.69, 9.17) is 5.73 Å². The molecule has 0 aromatic carbocycles. The topological polar surface area (TPSA) is 38.4 Å². The van der Waals surface area contributed by atoms with Crippen molar-refractivity contribution in [2.75, 3.05) is 0 Å². The highest BCUT2D eigenvalue weighted by Crippen LogP contribution is 2.31. The zero-order chi connectivity index (χ0) is 8.55. The highest BCUT2D eigenvalue weighted by molar-refractivity contribution is 5.83. The number of nitrogens with two attached hydrogens (primary N) is 1. The molecule has 0 aromatic rings. The van der Waals surface area contributed by atoms with Crippen LogP contribution in [0.2, 0.25) is 0 Å². The molecule has 2 heteroatoms. The van der Waals surface area contributed by atoms with Gasteiger partial charge in [0.25, 0.3) is 0 Å². The molecule has 2 nitrogen and oxygen atoms in total. The molecule has 0 aromatic heterocycles. The summed E-state index contributed by atoms with van der Waals surface area (Å²) in [6.07, 6.45) is 8.03. The standard InChI is InChI=1S/C10H16N2/c1-7-6-8-4-2-3-5-9(8)12-10(7)11/h2-3,7-9H,4-6H2,1H3,(H2,11,12). The second kappa shape index (κ2) is 2.92. The van der Waals surface area contributed by atoms with Crippen molar-refractivity contribution in [2.24, 2.45) is 22.6 Å². The van der Waals surface area contributed by atoms with E-state index in [9.17, 15) is 0 Å². The number of fused-ring (bicyclic) bond motifs is 1. The molecular formula is C10H16N2. The second-order valence-corrected chi connectivity index (χ2v) is 3.96. The van der Waals surface area contributed by atoms with Crippen LogP contribution >= 0.6 is 0 Å². The fourth-order valence-corrected chi connectivity index (χ4v) is 2.16. The molecule has 0 spiro atoms. The highest BCUT2D eigenvalue weighted by Gasteiger charge is 2.29. The molecule has 12 heavy (non-hydrogen) atoms. The van der Waals surface area contributed by atoms with Crippen molar-refractivity contribution in [3.05, 3.63) is 12.2 Å². The second-order valence-electron chi connectivity index (χ2n) is 3.96. The zero-order valence-electron chi connectivity index (χ0n) is 7.53. The summed E-state index contributed by atoms with van der Waals surface area (Å²) < 4.78 is 0. The summed E-state index contributed by atoms with van der Waals surface area (Å²) in [6.45, 7) is 2.17. The summed E-state index contributed by atoms with van der Waals surface area (Å²) in [6, 6.07) is 0.492. The Labute approximate surface area is 73.6 Å². The van der Waals surface area contributed by atoms with Crippen molar-refractivity contribution in [1.82, 2.24) is 0 Å². The summed E-state index contributed by atoms with van der Waals surface area (Å²) in [7, 11) is 0. The molecule has 1 heterocycles. The van der Waals surface area contributed by atoms with Crippen LogP contribution in [-0.2, 0) is 0 Å². The van der Waals surface area contributed by atoms with E-state index in [1.54, 1.807) is 0 Å². The fourth-order valence-electron chi connectivity index (χ4n) is 2.16. The van der Waals surface area contributed by atoms with Gasteiger partial charge >= 0.3 is 0 Å². The van der Waals surface area contributed by atoms with E-state index in [1.807, 2.05) is 0 Å². The lowest BCUT2D eigenvalue weighted by atomic mass is 9.80. The number of allylic oxidation sites excluding steroid dienone is 1. The van der Waals surface area contributed by atoms with Crippen LogP contribution in [0.15, 0.2) is 17.1 Å². The van der Waals surface area contributed by atoms with Gasteiger partial charge in [0.1, 0.15) is 0 Å². The van der Waals surface area contributed by atoms with Crippen molar-refractivity contribution < 1.29 is 0 Å². The Morgan fingerprint density at radius 3 is 3.00 bits per heavy atom. The first-order chi connectivity index (χ1) is 5.77. The lowest BCUT2D eigenvalue weighted by Crippen LogP contribution is -2.36. The van der Waals surface area contributed by atoms with E-state index in [0.29, 0.717) is 12.0 Å². The maximum Gasteiger partial charge on any atom is 0.0969 e. The Hall–Kier alpha value is -0.790. The van der Waals surface area contributed by atoms with Crippen molar-refractivity contribution in [1.29, 1.82) is 0 Å². The van der Waals surface area contributed by atoms with Gasteiger partial charge in [0.2, 0.25) is 0 Å². The van der Waals surface area contributed by atoms with Crippen LogP contribution < -0.4 is 5.73 Å². The Balaban J connectivity index is 2.18. The van der Waals surface area contributed by atoms with Crippen LogP contribution in [0.3, 0.4) is 0 Å². The normalized spacial score (nSPS) is 40.4. The van der Waals surface area contributed by atoms with E-state index in [0.717, 1.165) is 18.2 Å². The van der Waals surface area contributed by atoms with Gasteiger partial charge in [-0.2, -0.15) is 0 Å². The molecule has 2 N–H and O–H groups in total. The van der Waals surface area contributed by atoms with Crippen LogP contribution in [0, 0.1) is 11.8 Å². The highest BCUT2D eigenvalue weighted by atomic mass is 14.9. The molecule has 0 saturated heterocycles. The quantitative estimate of drug-likeness (QED) is 0.544. The third kappa shape index (κ3) is 1.26. The Kier molecular flexibility index (Phi) is 1.91. The maximum absolute atomic E-state index is 5.81. The average molecular weight is 164 g/mol. The van der Waals surface area contributed by atoms with Crippen molar-refractivity contribution in [3.63, 3.8) is 0 Å². The minimum absolute atomic E-state index is 0.492. The molecule has 0 bridgehead atoms. The third-order valence-corrected chi connectivity index (χ3v) is 3.00. The van der Waals surface area contributed by atoms with Crippen molar-refractivity contribution in [2.45, 2.75) is 32.2 Å². The Bertz CT molecular complexity index is 230. The minimum Gasteiger partial charge on any atom is -0.387 e.